The predicted molar refractivity (Wildman–Crippen MR) is 55.2 cm³/mol. The number of carbonyl (C=O) groups excluding carboxylic acids is 1. The lowest BCUT2D eigenvalue weighted by Crippen LogP contribution is -2.31. The van der Waals surface area contributed by atoms with Crippen LogP contribution >= 0.6 is 0 Å². The van der Waals surface area contributed by atoms with Crippen LogP contribution < -0.4 is 0 Å². The third-order valence-corrected chi connectivity index (χ3v) is 2.37. The molecular formula is C9H12F2N4O3. The van der Waals surface area contributed by atoms with Gasteiger partial charge in [0.15, 0.2) is 5.69 Å². The fourth-order valence-corrected chi connectivity index (χ4v) is 1.23. The van der Waals surface area contributed by atoms with Crippen molar-refractivity contribution in [1.82, 2.24) is 19.9 Å². The van der Waals surface area contributed by atoms with E-state index in [0.29, 0.717) is 11.2 Å². The lowest BCUT2D eigenvalue weighted by atomic mass is 10.3. The van der Waals surface area contributed by atoms with Crippen molar-refractivity contribution in [2.75, 3.05) is 13.6 Å². The Morgan fingerprint density at radius 1 is 1.50 bits per heavy atom. The number of aromatic carboxylic acids is 1. The monoisotopic (exact) mass is 262 g/mol. The van der Waals surface area contributed by atoms with E-state index in [-0.39, 0.29) is 0 Å². The topological polar surface area (TPSA) is 88.3 Å². The predicted octanol–water partition coefficient (Wildman–Crippen LogP) is 0.392. The Kier molecular flexibility index (Phi) is 4.29. The molecular weight excluding hydrogens is 250 g/mol. The summed E-state index contributed by atoms with van der Waals surface area (Å²) >= 11 is 0. The molecule has 0 aromatic carbocycles. The molecule has 7 nitrogen and oxygen atoms in total. The van der Waals surface area contributed by atoms with E-state index in [2.05, 4.69) is 10.3 Å². The highest BCUT2D eigenvalue weighted by atomic mass is 19.3. The van der Waals surface area contributed by atoms with Crippen LogP contribution in [0.2, 0.25) is 0 Å². The van der Waals surface area contributed by atoms with E-state index in [1.54, 1.807) is 6.92 Å². The number of rotatable bonds is 5. The van der Waals surface area contributed by atoms with Crippen LogP contribution in [0, 0.1) is 0 Å². The summed E-state index contributed by atoms with van der Waals surface area (Å²) in [5.74, 6) is -2.06. The van der Waals surface area contributed by atoms with E-state index < -0.39 is 36.2 Å². The lowest BCUT2D eigenvalue weighted by molar-refractivity contribution is -0.130. The van der Waals surface area contributed by atoms with E-state index >= 15 is 0 Å². The first-order chi connectivity index (χ1) is 8.38. The zero-order valence-corrected chi connectivity index (χ0v) is 9.80. The highest BCUT2D eigenvalue weighted by Gasteiger charge is 2.27. The molecule has 0 saturated carbocycles. The molecule has 1 heterocycles. The summed E-state index contributed by atoms with van der Waals surface area (Å²) in [6.45, 7) is 1.66. The van der Waals surface area contributed by atoms with Gasteiger partial charge < -0.3 is 10.0 Å². The second-order valence-corrected chi connectivity index (χ2v) is 3.49. The highest BCUT2D eigenvalue weighted by Crippen LogP contribution is 2.21. The molecule has 0 atom stereocenters. The molecule has 0 aliphatic rings. The normalized spacial score (nSPS) is 10.7. The molecule has 100 valence electrons. The fourth-order valence-electron chi connectivity index (χ4n) is 1.23. The van der Waals surface area contributed by atoms with Crippen molar-refractivity contribution in [2.24, 2.45) is 0 Å². The molecule has 1 N–H and O–H groups in total. The molecule has 18 heavy (non-hydrogen) atoms. The minimum Gasteiger partial charge on any atom is -0.476 e. The molecule has 0 spiro atoms. The average Bonchev–Trinajstić information content (AvgIpc) is 2.71. The first-order valence-electron chi connectivity index (χ1n) is 5.07. The van der Waals surface area contributed by atoms with Crippen LogP contribution in [0.15, 0.2) is 0 Å². The molecule has 0 aliphatic carbocycles. The molecule has 1 amide bonds. The lowest BCUT2D eigenvalue weighted by Gasteiger charge is -2.14. The van der Waals surface area contributed by atoms with Crippen LogP contribution in [0.4, 0.5) is 8.78 Å². The maximum absolute atomic E-state index is 12.7. The zero-order chi connectivity index (χ0) is 13.9. The molecule has 0 saturated heterocycles. The zero-order valence-electron chi connectivity index (χ0n) is 9.80. The number of carbonyl (C=O) groups is 2. The van der Waals surface area contributed by atoms with Gasteiger partial charge in [-0.3, -0.25) is 4.79 Å². The maximum atomic E-state index is 12.7. The van der Waals surface area contributed by atoms with Gasteiger partial charge in [0.25, 0.3) is 6.43 Å². The molecule has 0 fully saturated rings. The first kappa shape index (κ1) is 14.0. The summed E-state index contributed by atoms with van der Waals surface area (Å²) in [5.41, 5.74) is -1.70. The number of halogens is 2. The van der Waals surface area contributed by atoms with Gasteiger partial charge in [-0.05, 0) is 6.92 Å². The summed E-state index contributed by atoms with van der Waals surface area (Å²) < 4.78 is 26.1. The van der Waals surface area contributed by atoms with Crippen molar-refractivity contribution in [2.45, 2.75) is 19.9 Å². The van der Waals surface area contributed by atoms with E-state index in [4.69, 9.17) is 5.11 Å². The molecule has 1 rings (SSSR count). The van der Waals surface area contributed by atoms with Crippen molar-refractivity contribution in [1.29, 1.82) is 0 Å². The molecule has 1 aromatic heterocycles. The fraction of sp³-hybridized carbons (Fsp3) is 0.556. The van der Waals surface area contributed by atoms with Gasteiger partial charge in [-0.25, -0.2) is 18.3 Å². The SMILES string of the molecule is CCN(C)C(=O)Cn1nnc(C(=O)O)c1C(F)F. The van der Waals surface area contributed by atoms with E-state index in [0.717, 1.165) is 0 Å². The second kappa shape index (κ2) is 5.52. The smallest absolute Gasteiger partial charge is 0.358 e. The maximum Gasteiger partial charge on any atom is 0.358 e. The second-order valence-electron chi connectivity index (χ2n) is 3.49. The van der Waals surface area contributed by atoms with Crippen molar-refractivity contribution in [3.8, 4) is 0 Å². The van der Waals surface area contributed by atoms with E-state index in [9.17, 15) is 18.4 Å². The van der Waals surface area contributed by atoms with Gasteiger partial charge in [0.1, 0.15) is 12.2 Å². The van der Waals surface area contributed by atoms with Gasteiger partial charge in [0, 0.05) is 13.6 Å². The minimum atomic E-state index is -3.06. The number of nitrogens with zero attached hydrogens (tertiary/aromatic N) is 4. The number of carboxylic acids is 1. The first-order valence-corrected chi connectivity index (χ1v) is 5.07. The van der Waals surface area contributed by atoms with Gasteiger partial charge in [0.05, 0.1) is 0 Å². The molecule has 0 radical (unpaired) electrons. The summed E-state index contributed by atoms with van der Waals surface area (Å²) in [5, 5.41) is 15.1. The van der Waals surface area contributed by atoms with Crippen LogP contribution in [-0.4, -0.2) is 50.5 Å². The average molecular weight is 262 g/mol. The van der Waals surface area contributed by atoms with Crippen molar-refractivity contribution in [3.63, 3.8) is 0 Å². The van der Waals surface area contributed by atoms with Crippen LogP contribution in [0.1, 0.15) is 29.5 Å². The number of carboxylic acid groups (broad SMARTS) is 1. The molecule has 0 bridgehead atoms. The van der Waals surface area contributed by atoms with Crippen molar-refractivity contribution in [3.05, 3.63) is 11.4 Å². The molecule has 9 heteroatoms. The number of alkyl halides is 2. The van der Waals surface area contributed by atoms with Crippen LogP contribution in [0.25, 0.3) is 0 Å². The summed E-state index contributed by atoms with van der Waals surface area (Å²) in [6.07, 6.45) is -3.06. The Labute approximate surface area is 101 Å². The summed E-state index contributed by atoms with van der Waals surface area (Å²) in [7, 11) is 1.50. The third-order valence-electron chi connectivity index (χ3n) is 2.37. The van der Waals surface area contributed by atoms with Crippen LogP contribution in [0.3, 0.4) is 0 Å². The Balaban J connectivity index is 3.03. The van der Waals surface area contributed by atoms with Gasteiger partial charge in [0.2, 0.25) is 5.91 Å². The summed E-state index contributed by atoms with van der Waals surface area (Å²) in [4.78, 5) is 23.5. The third kappa shape index (κ3) is 2.79. The van der Waals surface area contributed by atoms with Crippen LogP contribution in [-0.2, 0) is 11.3 Å². The standard InChI is InChI=1S/C9H12F2N4O3/c1-3-14(2)5(16)4-15-7(8(10)11)6(9(17)18)12-13-15/h8H,3-4H2,1-2H3,(H,17,18). The Bertz CT molecular complexity index is 461. The van der Waals surface area contributed by atoms with Crippen molar-refractivity contribution < 1.29 is 23.5 Å². The van der Waals surface area contributed by atoms with Gasteiger partial charge in [-0.15, -0.1) is 5.10 Å². The largest absolute Gasteiger partial charge is 0.476 e. The van der Waals surface area contributed by atoms with Gasteiger partial charge in [-0.2, -0.15) is 0 Å². The number of amides is 1. The Morgan fingerprint density at radius 3 is 2.56 bits per heavy atom. The number of aromatic nitrogens is 3. The quantitative estimate of drug-likeness (QED) is 0.829. The number of likely N-dealkylation sites (N-methyl/N-ethyl adjacent to an activating group) is 1. The van der Waals surface area contributed by atoms with Crippen molar-refractivity contribution >= 4 is 11.9 Å². The Hall–Kier alpha value is -2.06. The molecule has 1 aromatic rings. The van der Waals surface area contributed by atoms with E-state index in [1.165, 1.54) is 11.9 Å². The minimum absolute atomic E-state index is 0.406. The molecule has 0 unspecified atom stereocenters. The van der Waals surface area contributed by atoms with E-state index in [1.807, 2.05) is 0 Å². The van der Waals surface area contributed by atoms with Gasteiger partial charge in [-0.1, -0.05) is 5.21 Å². The van der Waals surface area contributed by atoms with Gasteiger partial charge >= 0.3 is 5.97 Å². The highest BCUT2D eigenvalue weighted by molar-refractivity contribution is 5.86. The number of hydrogen-bond acceptors (Lipinski definition) is 4. The van der Waals surface area contributed by atoms with Crippen LogP contribution in [0.5, 0.6) is 0 Å². The number of hydrogen-bond donors (Lipinski definition) is 1. The summed E-state index contributed by atoms with van der Waals surface area (Å²) in [6, 6.07) is 0. The molecule has 0 aliphatic heterocycles. The Morgan fingerprint density at radius 2 is 2.11 bits per heavy atom.